The number of rotatable bonds is 10. The third kappa shape index (κ3) is 5.71. The number of carbonyl (C=O) groups excluding carboxylic acids is 3. The zero-order valence-corrected chi connectivity index (χ0v) is 21.6. The SMILES string of the molecule is CNC(=O)C(O)Cn1c(NC(=O)c2ccc(-c3cnco3)s2)nc2cc(NCC(=O)c3ccccc3)ccc21. The molecule has 5 rings (SSSR count). The van der Waals surface area contributed by atoms with Gasteiger partial charge in [-0.15, -0.1) is 11.3 Å². The minimum absolute atomic E-state index is 0.0662. The van der Waals surface area contributed by atoms with Gasteiger partial charge in [0, 0.05) is 18.3 Å². The number of amides is 2. The third-order valence-electron chi connectivity index (χ3n) is 5.93. The van der Waals surface area contributed by atoms with Crippen molar-refractivity contribution in [1.29, 1.82) is 0 Å². The van der Waals surface area contributed by atoms with Crippen LogP contribution in [0, 0.1) is 0 Å². The van der Waals surface area contributed by atoms with Crippen molar-refractivity contribution in [2.45, 2.75) is 12.6 Å². The second-order valence-corrected chi connectivity index (χ2v) is 9.59. The number of likely N-dealkylation sites (N-methyl/N-ethyl adjacent to an activating group) is 1. The van der Waals surface area contributed by atoms with E-state index in [0.29, 0.717) is 32.9 Å². The molecule has 3 aromatic heterocycles. The predicted octanol–water partition coefficient (Wildman–Crippen LogP) is 3.41. The van der Waals surface area contributed by atoms with Crippen LogP contribution in [0.4, 0.5) is 11.6 Å². The van der Waals surface area contributed by atoms with Gasteiger partial charge in [-0.2, -0.15) is 0 Å². The van der Waals surface area contributed by atoms with Gasteiger partial charge in [-0.1, -0.05) is 30.3 Å². The summed E-state index contributed by atoms with van der Waals surface area (Å²) in [5, 5.41) is 18.7. The van der Waals surface area contributed by atoms with Gasteiger partial charge in [0.1, 0.15) is 0 Å². The summed E-state index contributed by atoms with van der Waals surface area (Å²) in [5.41, 5.74) is 2.33. The number of aliphatic hydroxyl groups is 1. The van der Waals surface area contributed by atoms with Crippen LogP contribution in [0.15, 0.2) is 77.7 Å². The van der Waals surface area contributed by atoms with E-state index >= 15 is 0 Å². The molecule has 4 N–H and O–H groups in total. The number of ketones is 1. The van der Waals surface area contributed by atoms with Gasteiger partial charge < -0.3 is 24.7 Å². The highest BCUT2D eigenvalue weighted by molar-refractivity contribution is 7.17. The van der Waals surface area contributed by atoms with Crippen LogP contribution in [0.2, 0.25) is 0 Å². The Morgan fingerprint density at radius 2 is 1.92 bits per heavy atom. The molecule has 0 bridgehead atoms. The van der Waals surface area contributed by atoms with Crippen LogP contribution in [0.5, 0.6) is 0 Å². The van der Waals surface area contributed by atoms with Gasteiger partial charge in [0.05, 0.1) is 40.1 Å². The van der Waals surface area contributed by atoms with Crippen LogP contribution in [-0.2, 0) is 11.3 Å². The van der Waals surface area contributed by atoms with E-state index in [1.165, 1.54) is 24.8 Å². The standard InChI is InChI=1S/C27H24N6O5S/c1-28-25(36)21(35)14-33-19-8-7-17(30-12-20(34)16-5-3-2-4-6-16)11-18(19)31-27(33)32-26(37)24-10-9-23(39-24)22-13-29-15-38-22/h2-11,13,15,21,30,35H,12,14H2,1H3,(H,28,36)(H,31,32,37). The third-order valence-corrected chi connectivity index (χ3v) is 7.03. The van der Waals surface area contributed by atoms with E-state index in [1.807, 2.05) is 6.07 Å². The molecule has 0 saturated carbocycles. The molecule has 1 unspecified atom stereocenters. The number of carbonyl (C=O) groups is 3. The van der Waals surface area contributed by atoms with Gasteiger partial charge >= 0.3 is 0 Å². The quantitative estimate of drug-likeness (QED) is 0.195. The number of aliphatic hydroxyl groups excluding tert-OH is 1. The molecule has 11 nitrogen and oxygen atoms in total. The predicted molar refractivity (Wildman–Crippen MR) is 147 cm³/mol. The molecule has 0 spiro atoms. The van der Waals surface area contributed by atoms with E-state index in [1.54, 1.807) is 65.4 Å². The molecule has 0 aliphatic heterocycles. The number of imidazole rings is 1. The van der Waals surface area contributed by atoms with E-state index in [4.69, 9.17) is 4.42 Å². The summed E-state index contributed by atoms with van der Waals surface area (Å²) in [4.78, 5) is 47.2. The van der Waals surface area contributed by atoms with Crippen LogP contribution in [0.3, 0.4) is 0 Å². The summed E-state index contributed by atoms with van der Waals surface area (Å²) in [6.07, 6.45) is 1.51. The number of anilines is 2. The Hall–Kier alpha value is -4.81. The molecule has 5 aromatic rings. The van der Waals surface area contributed by atoms with Gasteiger partial charge in [0.25, 0.3) is 5.91 Å². The molecule has 12 heteroatoms. The first kappa shape index (κ1) is 25.8. The Morgan fingerprint density at radius 3 is 2.67 bits per heavy atom. The number of thiophene rings is 1. The van der Waals surface area contributed by atoms with Gasteiger partial charge in [-0.25, -0.2) is 9.97 Å². The lowest BCUT2D eigenvalue weighted by atomic mass is 10.1. The van der Waals surface area contributed by atoms with Crippen molar-refractivity contribution in [2.24, 2.45) is 0 Å². The van der Waals surface area contributed by atoms with E-state index in [-0.39, 0.29) is 24.8 Å². The normalized spacial score (nSPS) is 11.7. The lowest BCUT2D eigenvalue weighted by Gasteiger charge is -2.14. The highest BCUT2D eigenvalue weighted by Gasteiger charge is 2.21. The van der Waals surface area contributed by atoms with Crippen LogP contribution in [-0.4, -0.2) is 56.9 Å². The summed E-state index contributed by atoms with van der Waals surface area (Å²) in [6.45, 7) is -0.0556. The Labute approximate surface area is 226 Å². The first-order chi connectivity index (χ1) is 18.9. The number of nitrogens with one attached hydrogen (secondary N) is 3. The minimum atomic E-state index is -1.37. The number of fused-ring (bicyclic) bond motifs is 1. The molecule has 2 aromatic carbocycles. The van der Waals surface area contributed by atoms with Crippen LogP contribution in [0.25, 0.3) is 21.7 Å². The van der Waals surface area contributed by atoms with E-state index in [2.05, 4.69) is 25.9 Å². The first-order valence-electron chi connectivity index (χ1n) is 11.9. The molecule has 2 amide bonds. The fourth-order valence-electron chi connectivity index (χ4n) is 3.94. The fourth-order valence-corrected chi connectivity index (χ4v) is 4.80. The lowest BCUT2D eigenvalue weighted by molar-refractivity contribution is -0.129. The summed E-state index contributed by atoms with van der Waals surface area (Å²) in [6, 6.07) is 17.6. The Bertz CT molecular complexity index is 1630. The molecule has 198 valence electrons. The minimum Gasteiger partial charge on any atom is -0.443 e. The van der Waals surface area contributed by atoms with Gasteiger partial charge in [-0.3, -0.25) is 19.7 Å². The number of benzene rings is 2. The lowest BCUT2D eigenvalue weighted by Crippen LogP contribution is -2.35. The fraction of sp³-hybridized carbons (Fsp3) is 0.148. The van der Waals surface area contributed by atoms with Gasteiger partial charge in [0.15, 0.2) is 24.0 Å². The molecule has 1 atom stereocenters. The van der Waals surface area contributed by atoms with E-state index in [9.17, 15) is 19.5 Å². The number of Topliss-reactive ketones (excluding diaryl/α,β-unsaturated/α-hetero) is 1. The Morgan fingerprint density at radius 1 is 1.10 bits per heavy atom. The van der Waals surface area contributed by atoms with Crippen LogP contribution < -0.4 is 16.0 Å². The number of hydrogen-bond donors (Lipinski definition) is 4. The van der Waals surface area contributed by atoms with Crippen molar-refractivity contribution >= 4 is 51.6 Å². The zero-order valence-electron chi connectivity index (χ0n) is 20.7. The molecular formula is C27H24N6O5S. The average Bonchev–Trinajstić information content (AvgIpc) is 3.72. The van der Waals surface area contributed by atoms with Crippen molar-refractivity contribution in [3.63, 3.8) is 0 Å². The van der Waals surface area contributed by atoms with E-state index < -0.39 is 17.9 Å². The van der Waals surface area contributed by atoms with Crippen LogP contribution in [0.1, 0.15) is 20.0 Å². The second-order valence-electron chi connectivity index (χ2n) is 8.51. The largest absolute Gasteiger partial charge is 0.443 e. The van der Waals surface area contributed by atoms with Crippen molar-refractivity contribution in [3.05, 3.63) is 83.7 Å². The topological polar surface area (TPSA) is 151 Å². The van der Waals surface area contributed by atoms with Crippen molar-refractivity contribution in [1.82, 2.24) is 19.9 Å². The maximum absolute atomic E-state index is 13.1. The van der Waals surface area contributed by atoms with Crippen molar-refractivity contribution < 1.29 is 23.9 Å². The molecule has 0 aliphatic rings. The maximum atomic E-state index is 13.1. The second kappa shape index (κ2) is 11.3. The molecule has 0 aliphatic carbocycles. The number of aromatic nitrogens is 3. The highest BCUT2D eigenvalue weighted by Crippen LogP contribution is 2.29. The molecular weight excluding hydrogens is 520 g/mol. The average molecular weight is 545 g/mol. The zero-order chi connectivity index (χ0) is 27.4. The highest BCUT2D eigenvalue weighted by atomic mass is 32.1. The van der Waals surface area contributed by atoms with Gasteiger partial charge in [0.2, 0.25) is 11.9 Å². The van der Waals surface area contributed by atoms with E-state index in [0.717, 1.165) is 4.88 Å². The Kier molecular flexibility index (Phi) is 7.48. The first-order valence-corrected chi connectivity index (χ1v) is 12.8. The number of oxazole rings is 1. The molecule has 39 heavy (non-hydrogen) atoms. The number of hydrogen-bond acceptors (Lipinski definition) is 9. The van der Waals surface area contributed by atoms with Crippen LogP contribution >= 0.6 is 11.3 Å². The smallest absolute Gasteiger partial charge is 0.268 e. The monoisotopic (exact) mass is 544 g/mol. The maximum Gasteiger partial charge on any atom is 0.268 e. The molecule has 0 radical (unpaired) electrons. The molecule has 3 heterocycles. The van der Waals surface area contributed by atoms with Crippen molar-refractivity contribution in [2.75, 3.05) is 24.2 Å². The summed E-state index contributed by atoms with van der Waals surface area (Å²) in [7, 11) is 1.43. The number of nitrogens with zero attached hydrogens (tertiary/aromatic N) is 3. The summed E-state index contributed by atoms with van der Waals surface area (Å²) >= 11 is 1.22. The van der Waals surface area contributed by atoms with Crippen molar-refractivity contribution in [3.8, 4) is 10.6 Å². The summed E-state index contributed by atoms with van der Waals surface area (Å²) in [5.74, 6) is -0.343. The molecule has 0 saturated heterocycles. The van der Waals surface area contributed by atoms with Gasteiger partial charge in [-0.05, 0) is 30.3 Å². The molecule has 0 fully saturated rings. The Balaban J connectivity index is 1.40. The summed E-state index contributed by atoms with van der Waals surface area (Å²) < 4.78 is 6.86.